The Kier molecular flexibility index (Phi) is 12.0. The van der Waals surface area contributed by atoms with Crippen molar-refractivity contribution in [1.82, 2.24) is 10.6 Å². The molecule has 0 atom stereocenters. The predicted molar refractivity (Wildman–Crippen MR) is 115 cm³/mol. The SMILES string of the molecule is CN=C(NCCCCOCCOC)NCC(C)(C)Sc1ccc(Br)cc1. The lowest BCUT2D eigenvalue weighted by Gasteiger charge is -2.25. The van der Waals surface area contributed by atoms with Crippen LogP contribution in [-0.2, 0) is 9.47 Å². The highest BCUT2D eigenvalue weighted by Gasteiger charge is 2.19. The molecular formula is C19H32BrN3O2S. The number of nitrogens with zero attached hydrogens (tertiary/aromatic N) is 1. The lowest BCUT2D eigenvalue weighted by molar-refractivity contribution is 0.0689. The van der Waals surface area contributed by atoms with Crippen LogP contribution in [0.2, 0.25) is 0 Å². The van der Waals surface area contributed by atoms with E-state index in [0.717, 1.165) is 43.0 Å². The van der Waals surface area contributed by atoms with Crippen molar-refractivity contribution >= 4 is 33.7 Å². The quantitative estimate of drug-likeness (QED) is 0.221. The Bertz CT molecular complexity index is 524. The van der Waals surface area contributed by atoms with E-state index in [2.05, 4.69) is 69.7 Å². The molecule has 0 saturated heterocycles. The average molecular weight is 446 g/mol. The Labute approximate surface area is 170 Å². The fourth-order valence-corrected chi connectivity index (χ4v) is 3.47. The molecule has 0 saturated carbocycles. The van der Waals surface area contributed by atoms with E-state index < -0.39 is 0 Å². The van der Waals surface area contributed by atoms with Gasteiger partial charge in [0.1, 0.15) is 0 Å². The number of thioether (sulfide) groups is 1. The summed E-state index contributed by atoms with van der Waals surface area (Å²) in [5.41, 5.74) is 0. The maximum absolute atomic E-state index is 5.46. The maximum Gasteiger partial charge on any atom is 0.191 e. The van der Waals surface area contributed by atoms with E-state index in [-0.39, 0.29) is 4.75 Å². The molecule has 0 amide bonds. The number of hydrogen-bond donors (Lipinski definition) is 2. The summed E-state index contributed by atoms with van der Waals surface area (Å²) in [6, 6.07) is 8.42. The van der Waals surface area contributed by atoms with Crippen molar-refractivity contribution in [3.63, 3.8) is 0 Å². The highest BCUT2D eigenvalue weighted by atomic mass is 79.9. The van der Waals surface area contributed by atoms with Crippen molar-refractivity contribution in [2.45, 2.75) is 36.3 Å². The van der Waals surface area contributed by atoms with E-state index in [0.29, 0.717) is 13.2 Å². The minimum absolute atomic E-state index is 0.0562. The first-order valence-electron chi connectivity index (χ1n) is 8.92. The van der Waals surface area contributed by atoms with Crippen LogP contribution >= 0.6 is 27.7 Å². The molecule has 7 heteroatoms. The molecule has 26 heavy (non-hydrogen) atoms. The Hall–Kier alpha value is -0.760. The number of ether oxygens (including phenoxy) is 2. The molecule has 2 N–H and O–H groups in total. The third-order valence-electron chi connectivity index (χ3n) is 3.55. The van der Waals surface area contributed by atoms with Gasteiger partial charge in [-0.25, -0.2) is 0 Å². The van der Waals surface area contributed by atoms with Crippen molar-refractivity contribution in [2.75, 3.05) is 47.1 Å². The van der Waals surface area contributed by atoms with Crippen LogP contribution in [0.15, 0.2) is 38.6 Å². The lowest BCUT2D eigenvalue weighted by atomic mass is 10.2. The zero-order chi connectivity index (χ0) is 19.3. The number of rotatable bonds is 12. The zero-order valence-corrected chi connectivity index (χ0v) is 18.7. The molecule has 0 spiro atoms. The second kappa shape index (κ2) is 13.4. The van der Waals surface area contributed by atoms with Gasteiger partial charge in [-0.3, -0.25) is 4.99 Å². The van der Waals surface area contributed by atoms with Gasteiger partial charge in [-0.05, 0) is 51.0 Å². The predicted octanol–water partition coefficient (Wildman–Crippen LogP) is 3.93. The minimum atomic E-state index is 0.0562. The minimum Gasteiger partial charge on any atom is -0.382 e. The van der Waals surface area contributed by atoms with E-state index in [1.807, 2.05) is 11.8 Å². The van der Waals surface area contributed by atoms with Crippen LogP contribution in [0.3, 0.4) is 0 Å². The topological polar surface area (TPSA) is 54.9 Å². The molecule has 0 heterocycles. The number of benzene rings is 1. The van der Waals surface area contributed by atoms with E-state index in [9.17, 15) is 0 Å². The van der Waals surface area contributed by atoms with E-state index in [1.165, 1.54) is 4.90 Å². The molecule has 1 rings (SSSR count). The van der Waals surface area contributed by atoms with E-state index in [4.69, 9.17) is 9.47 Å². The molecule has 0 unspecified atom stereocenters. The first kappa shape index (κ1) is 23.3. The molecule has 0 fully saturated rings. The number of nitrogens with one attached hydrogen (secondary N) is 2. The number of halogens is 1. The molecule has 5 nitrogen and oxygen atoms in total. The fraction of sp³-hybridized carbons (Fsp3) is 0.632. The second-order valence-electron chi connectivity index (χ2n) is 6.48. The Morgan fingerprint density at radius 2 is 1.85 bits per heavy atom. The van der Waals surface area contributed by atoms with Crippen LogP contribution in [0.5, 0.6) is 0 Å². The third kappa shape index (κ3) is 11.1. The number of unbranched alkanes of at least 4 members (excludes halogenated alkanes) is 1. The summed E-state index contributed by atoms with van der Waals surface area (Å²) < 4.78 is 11.6. The van der Waals surface area contributed by atoms with Crippen LogP contribution in [0, 0.1) is 0 Å². The molecule has 0 aliphatic heterocycles. The van der Waals surface area contributed by atoms with Crippen LogP contribution in [0.1, 0.15) is 26.7 Å². The van der Waals surface area contributed by atoms with Gasteiger partial charge in [-0.15, -0.1) is 11.8 Å². The largest absolute Gasteiger partial charge is 0.382 e. The van der Waals surface area contributed by atoms with Crippen molar-refractivity contribution in [3.8, 4) is 0 Å². The van der Waals surface area contributed by atoms with Gasteiger partial charge in [0.2, 0.25) is 0 Å². The van der Waals surface area contributed by atoms with Gasteiger partial charge in [0.25, 0.3) is 0 Å². The summed E-state index contributed by atoms with van der Waals surface area (Å²) in [7, 11) is 3.49. The summed E-state index contributed by atoms with van der Waals surface area (Å²) in [4.78, 5) is 5.56. The Morgan fingerprint density at radius 1 is 1.12 bits per heavy atom. The van der Waals surface area contributed by atoms with Crippen LogP contribution < -0.4 is 10.6 Å². The standard InChI is InChI=1S/C19H32BrN3O2S/c1-19(2,26-17-9-7-16(20)8-10-17)15-23-18(21-3)22-11-5-6-12-25-14-13-24-4/h7-10H,5-6,11-15H2,1-4H3,(H2,21,22,23). The molecular weight excluding hydrogens is 414 g/mol. The molecule has 1 aromatic rings. The number of methoxy groups -OCH3 is 1. The highest BCUT2D eigenvalue weighted by molar-refractivity contribution is 9.10. The maximum atomic E-state index is 5.46. The summed E-state index contributed by atoms with van der Waals surface area (Å²) in [5, 5.41) is 6.78. The van der Waals surface area contributed by atoms with Gasteiger partial charge < -0.3 is 20.1 Å². The molecule has 148 valence electrons. The van der Waals surface area contributed by atoms with Gasteiger partial charge in [0.15, 0.2) is 5.96 Å². The first-order valence-corrected chi connectivity index (χ1v) is 10.5. The van der Waals surface area contributed by atoms with E-state index >= 15 is 0 Å². The number of guanidine groups is 1. The first-order chi connectivity index (χ1) is 12.5. The van der Waals surface area contributed by atoms with Gasteiger partial charge in [-0.2, -0.15) is 0 Å². The van der Waals surface area contributed by atoms with Crippen LogP contribution in [0.4, 0.5) is 0 Å². The number of aliphatic imine (C=N–C) groups is 1. The summed E-state index contributed by atoms with van der Waals surface area (Å²) in [6.45, 7) is 8.27. The Morgan fingerprint density at radius 3 is 2.50 bits per heavy atom. The monoisotopic (exact) mass is 445 g/mol. The number of hydrogen-bond acceptors (Lipinski definition) is 4. The summed E-state index contributed by atoms with van der Waals surface area (Å²) >= 11 is 5.33. The van der Waals surface area contributed by atoms with E-state index in [1.54, 1.807) is 14.2 Å². The molecule has 0 bridgehead atoms. The van der Waals surface area contributed by atoms with Gasteiger partial charge >= 0.3 is 0 Å². The second-order valence-corrected chi connectivity index (χ2v) is 9.18. The van der Waals surface area contributed by atoms with Gasteiger partial charge in [0.05, 0.1) is 13.2 Å². The van der Waals surface area contributed by atoms with Crippen molar-refractivity contribution < 1.29 is 9.47 Å². The molecule has 0 aliphatic carbocycles. The molecule has 0 radical (unpaired) electrons. The van der Waals surface area contributed by atoms with Crippen LogP contribution in [0.25, 0.3) is 0 Å². The average Bonchev–Trinajstić information content (AvgIpc) is 2.61. The van der Waals surface area contributed by atoms with Crippen molar-refractivity contribution in [1.29, 1.82) is 0 Å². The third-order valence-corrected chi connectivity index (χ3v) is 5.29. The van der Waals surface area contributed by atoms with Crippen molar-refractivity contribution in [3.05, 3.63) is 28.7 Å². The van der Waals surface area contributed by atoms with Crippen molar-refractivity contribution in [2.24, 2.45) is 4.99 Å². The molecule has 0 aliphatic rings. The van der Waals surface area contributed by atoms with Gasteiger partial charge in [-0.1, -0.05) is 15.9 Å². The van der Waals surface area contributed by atoms with Gasteiger partial charge in [0, 0.05) is 48.0 Å². The van der Waals surface area contributed by atoms with Crippen LogP contribution in [-0.4, -0.2) is 57.8 Å². The normalized spacial score (nSPS) is 12.3. The Balaban J connectivity index is 2.22. The summed E-state index contributed by atoms with van der Waals surface area (Å²) in [5.74, 6) is 0.842. The zero-order valence-electron chi connectivity index (χ0n) is 16.3. The molecule has 0 aromatic heterocycles. The summed E-state index contributed by atoms with van der Waals surface area (Å²) in [6.07, 6.45) is 2.07. The molecule has 1 aromatic carbocycles. The lowest BCUT2D eigenvalue weighted by Crippen LogP contribution is -2.43. The fourth-order valence-electron chi connectivity index (χ4n) is 2.16. The highest BCUT2D eigenvalue weighted by Crippen LogP contribution is 2.32. The smallest absolute Gasteiger partial charge is 0.191 e.